The first-order valence-corrected chi connectivity index (χ1v) is 9.28. The Hall–Kier alpha value is -3.06. The minimum Gasteiger partial charge on any atom is -0.206 e. The Morgan fingerprint density at radius 3 is 2.11 bits per heavy atom. The number of hydrogen-bond acceptors (Lipinski definition) is 1. The van der Waals surface area contributed by atoms with Crippen LogP contribution in [0.25, 0.3) is 11.1 Å². The molecule has 0 fully saturated rings. The normalized spacial score (nSPS) is 10.7. The van der Waals surface area contributed by atoms with Crippen molar-refractivity contribution in [2.24, 2.45) is 0 Å². The van der Waals surface area contributed by atoms with Crippen molar-refractivity contribution in [1.29, 1.82) is 5.26 Å². The zero-order valence-electron chi connectivity index (χ0n) is 15.6. The molecule has 0 aliphatic heterocycles. The van der Waals surface area contributed by atoms with Crippen molar-refractivity contribution >= 4 is 0 Å². The minimum atomic E-state index is -0.813. The maximum absolute atomic E-state index is 14.4. The molecule has 28 heavy (non-hydrogen) atoms. The van der Waals surface area contributed by atoms with Gasteiger partial charge in [-0.2, -0.15) is 5.26 Å². The summed E-state index contributed by atoms with van der Waals surface area (Å²) in [6.07, 6.45) is 2.57. The van der Waals surface area contributed by atoms with Crippen LogP contribution in [0.15, 0.2) is 54.6 Å². The van der Waals surface area contributed by atoms with Crippen LogP contribution < -0.4 is 0 Å². The number of benzene rings is 3. The third kappa shape index (κ3) is 4.26. The Balaban J connectivity index is 1.73. The molecule has 0 aromatic heterocycles. The second-order valence-corrected chi connectivity index (χ2v) is 6.77. The molecule has 0 aliphatic carbocycles. The maximum Gasteiger partial charge on any atom is 0.166 e. The minimum absolute atomic E-state index is 0.0346. The molecule has 3 aromatic rings. The second kappa shape index (κ2) is 8.75. The van der Waals surface area contributed by atoms with Gasteiger partial charge in [-0.1, -0.05) is 55.8 Å². The third-order valence-electron chi connectivity index (χ3n) is 4.80. The molecular formula is C24H20F3N. The zero-order valence-corrected chi connectivity index (χ0v) is 15.6. The van der Waals surface area contributed by atoms with Crippen LogP contribution in [0.1, 0.15) is 35.6 Å². The van der Waals surface area contributed by atoms with E-state index in [1.807, 2.05) is 19.1 Å². The summed E-state index contributed by atoms with van der Waals surface area (Å²) in [5.41, 5.74) is 3.12. The molecule has 142 valence electrons. The number of aryl methyl sites for hydroxylation is 3. The van der Waals surface area contributed by atoms with Crippen molar-refractivity contribution in [2.75, 3.05) is 0 Å². The lowest BCUT2D eigenvalue weighted by atomic mass is 9.98. The van der Waals surface area contributed by atoms with E-state index in [0.717, 1.165) is 17.5 Å². The van der Waals surface area contributed by atoms with Crippen molar-refractivity contribution in [3.63, 3.8) is 0 Å². The van der Waals surface area contributed by atoms with Gasteiger partial charge in [0, 0.05) is 5.56 Å². The number of nitrogens with zero attached hydrogens (tertiary/aromatic N) is 1. The molecule has 1 nitrogen and oxygen atoms in total. The summed E-state index contributed by atoms with van der Waals surface area (Å²) in [6.45, 7) is 1.93. The van der Waals surface area contributed by atoms with Crippen LogP contribution in [0.4, 0.5) is 13.2 Å². The van der Waals surface area contributed by atoms with Crippen LogP contribution in [0.2, 0.25) is 0 Å². The SMILES string of the molecule is CCCc1ccc(-c2ccc(CCc3ccc(C#N)c(F)c3)cc2)c(F)c1F. The first kappa shape index (κ1) is 19.7. The standard InChI is InChI=1S/C24H20F3N/c1-2-3-19-12-13-21(24(27)23(19)26)18-9-6-16(7-10-18)4-5-17-8-11-20(15-28)22(25)14-17/h6-14H,2-5H2,1H3. The maximum atomic E-state index is 14.4. The fourth-order valence-electron chi connectivity index (χ4n) is 3.22. The Labute approximate surface area is 163 Å². The molecule has 4 heteroatoms. The van der Waals surface area contributed by atoms with E-state index in [-0.39, 0.29) is 11.1 Å². The van der Waals surface area contributed by atoms with E-state index >= 15 is 0 Å². The van der Waals surface area contributed by atoms with Crippen molar-refractivity contribution in [2.45, 2.75) is 32.6 Å². The summed E-state index contributed by atoms with van der Waals surface area (Å²) < 4.78 is 42.3. The van der Waals surface area contributed by atoms with E-state index in [0.29, 0.717) is 30.4 Å². The molecule has 3 rings (SSSR count). The van der Waals surface area contributed by atoms with E-state index in [9.17, 15) is 13.2 Å². The molecule has 0 amide bonds. The lowest BCUT2D eigenvalue weighted by Gasteiger charge is -2.09. The highest BCUT2D eigenvalue weighted by Gasteiger charge is 2.14. The summed E-state index contributed by atoms with van der Waals surface area (Å²) in [4.78, 5) is 0. The smallest absolute Gasteiger partial charge is 0.166 e. The van der Waals surface area contributed by atoms with Crippen LogP contribution >= 0.6 is 0 Å². The van der Waals surface area contributed by atoms with Gasteiger partial charge in [0.05, 0.1) is 5.56 Å². The van der Waals surface area contributed by atoms with Gasteiger partial charge in [-0.05, 0) is 53.6 Å². The summed E-state index contributed by atoms with van der Waals surface area (Å²) in [5.74, 6) is -2.10. The van der Waals surface area contributed by atoms with E-state index in [1.54, 1.807) is 36.4 Å². The molecule has 0 saturated carbocycles. The summed E-state index contributed by atoms with van der Waals surface area (Å²) >= 11 is 0. The predicted molar refractivity (Wildman–Crippen MR) is 104 cm³/mol. The lowest BCUT2D eigenvalue weighted by Crippen LogP contribution is -1.97. The van der Waals surface area contributed by atoms with Crippen LogP contribution in [-0.4, -0.2) is 0 Å². The van der Waals surface area contributed by atoms with Crippen LogP contribution in [-0.2, 0) is 19.3 Å². The summed E-state index contributed by atoms with van der Waals surface area (Å²) in [7, 11) is 0. The average molecular weight is 379 g/mol. The molecule has 0 spiro atoms. The van der Waals surface area contributed by atoms with E-state index in [1.165, 1.54) is 12.1 Å². The predicted octanol–water partition coefficient (Wildman–Crippen LogP) is 6.38. The highest BCUT2D eigenvalue weighted by Crippen LogP contribution is 2.27. The molecule has 0 saturated heterocycles. The molecular weight excluding hydrogens is 359 g/mol. The van der Waals surface area contributed by atoms with E-state index in [2.05, 4.69) is 0 Å². The van der Waals surface area contributed by atoms with Crippen molar-refractivity contribution < 1.29 is 13.2 Å². The number of rotatable bonds is 6. The van der Waals surface area contributed by atoms with Gasteiger partial charge < -0.3 is 0 Å². The van der Waals surface area contributed by atoms with Gasteiger partial charge >= 0.3 is 0 Å². The molecule has 0 heterocycles. The lowest BCUT2D eigenvalue weighted by molar-refractivity contribution is 0.500. The quantitative estimate of drug-likeness (QED) is 0.487. The average Bonchev–Trinajstić information content (AvgIpc) is 2.71. The van der Waals surface area contributed by atoms with Crippen molar-refractivity contribution in [3.8, 4) is 17.2 Å². The molecule has 0 radical (unpaired) electrons. The van der Waals surface area contributed by atoms with Crippen LogP contribution in [0.3, 0.4) is 0 Å². The molecule has 0 unspecified atom stereocenters. The highest BCUT2D eigenvalue weighted by molar-refractivity contribution is 5.65. The van der Waals surface area contributed by atoms with Gasteiger partial charge in [0.1, 0.15) is 11.9 Å². The fraction of sp³-hybridized carbons (Fsp3) is 0.208. The first-order valence-electron chi connectivity index (χ1n) is 9.28. The second-order valence-electron chi connectivity index (χ2n) is 6.77. The first-order chi connectivity index (χ1) is 13.5. The van der Waals surface area contributed by atoms with Gasteiger partial charge in [0.2, 0.25) is 0 Å². The van der Waals surface area contributed by atoms with Gasteiger partial charge in [0.15, 0.2) is 11.6 Å². The van der Waals surface area contributed by atoms with Gasteiger partial charge in [-0.15, -0.1) is 0 Å². The molecule has 0 bridgehead atoms. The van der Waals surface area contributed by atoms with Crippen molar-refractivity contribution in [1.82, 2.24) is 0 Å². The Bertz CT molecular complexity index is 1020. The number of nitriles is 1. The van der Waals surface area contributed by atoms with E-state index < -0.39 is 17.5 Å². The van der Waals surface area contributed by atoms with Gasteiger partial charge in [0.25, 0.3) is 0 Å². The monoisotopic (exact) mass is 379 g/mol. The largest absolute Gasteiger partial charge is 0.206 e. The summed E-state index contributed by atoms with van der Waals surface area (Å²) in [5, 5.41) is 8.78. The van der Waals surface area contributed by atoms with Crippen LogP contribution in [0.5, 0.6) is 0 Å². The molecule has 3 aromatic carbocycles. The topological polar surface area (TPSA) is 23.8 Å². The molecule has 0 N–H and O–H groups in total. The van der Waals surface area contributed by atoms with E-state index in [4.69, 9.17) is 5.26 Å². The third-order valence-corrected chi connectivity index (χ3v) is 4.80. The Morgan fingerprint density at radius 2 is 1.46 bits per heavy atom. The zero-order chi connectivity index (χ0) is 20.1. The Kier molecular flexibility index (Phi) is 6.16. The Morgan fingerprint density at radius 1 is 0.786 bits per heavy atom. The molecule has 0 aliphatic rings. The molecule has 0 atom stereocenters. The van der Waals surface area contributed by atoms with Gasteiger partial charge in [-0.25, -0.2) is 13.2 Å². The number of halogens is 3. The van der Waals surface area contributed by atoms with Crippen molar-refractivity contribution in [3.05, 3.63) is 94.3 Å². The van der Waals surface area contributed by atoms with Crippen LogP contribution in [0, 0.1) is 28.8 Å². The fourth-order valence-corrected chi connectivity index (χ4v) is 3.22. The summed E-state index contributed by atoms with van der Waals surface area (Å²) in [6, 6.07) is 16.9. The number of hydrogen-bond donors (Lipinski definition) is 0. The highest BCUT2D eigenvalue weighted by atomic mass is 19.2. The van der Waals surface area contributed by atoms with Gasteiger partial charge in [-0.3, -0.25) is 0 Å².